The third kappa shape index (κ3) is 1.47. The molecule has 0 spiro atoms. The van der Waals surface area contributed by atoms with E-state index < -0.39 is 0 Å². The van der Waals surface area contributed by atoms with Crippen LogP contribution in [-0.4, -0.2) is 11.6 Å². The van der Waals surface area contributed by atoms with E-state index in [4.69, 9.17) is 0 Å². The van der Waals surface area contributed by atoms with Gasteiger partial charge in [-0.15, -0.1) is 0 Å². The van der Waals surface area contributed by atoms with Gasteiger partial charge < -0.3 is 0 Å². The molecule has 2 heteroatoms. The quantitative estimate of drug-likeness (QED) is 0.683. The summed E-state index contributed by atoms with van der Waals surface area (Å²) in [7, 11) is 0. The third-order valence-corrected chi connectivity index (χ3v) is 4.32. The molecule has 0 N–H and O–H groups in total. The number of hydrogen-bond acceptors (Lipinski definition) is 2. The van der Waals surface area contributed by atoms with Crippen molar-refractivity contribution in [3.8, 4) is 0 Å². The maximum Gasteiger partial charge on any atom is 0.167 e. The Morgan fingerprint density at radius 2 is 1.65 bits per heavy atom. The van der Waals surface area contributed by atoms with Gasteiger partial charge in [-0.3, -0.25) is 9.59 Å². The number of hydrogen-bond donors (Lipinski definition) is 0. The molecule has 2 nitrogen and oxygen atoms in total. The van der Waals surface area contributed by atoms with E-state index in [0.29, 0.717) is 17.0 Å². The van der Waals surface area contributed by atoms with Crippen LogP contribution in [0.5, 0.6) is 0 Å². The molecule has 17 heavy (non-hydrogen) atoms. The van der Waals surface area contributed by atoms with Crippen LogP contribution in [0.3, 0.4) is 0 Å². The van der Waals surface area contributed by atoms with E-state index in [1.165, 1.54) is 0 Å². The molecule has 2 aliphatic carbocycles. The number of ketones is 2. The van der Waals surface area contributed by atoms with Crippen LogP contribution in [0.1, 0.15) is 46.9 Å². The smallest absolute Gasteiger partial charge is 0.167 e. The maximum atomic E-state index is 12.5. The van der Waals surface area contributed by atoms with Crippen molar-refractivity contribution in [2.45, 2.75) is 26.2 Å². The average molecular weight is 228 g/mol. The molecule has 3 atom stereocenters. The largest absolute Gasteiger partial charge is 0.294 e. The Hall–Kier alpha value is -1.44. The fourth-order valence-corrected chi connectivity index (χ4v) is 3.44. The zero-order valence-electron chi connectivity index (χ0n) is 9.98. The molecule has 0 radical (unpaired) electrons. The molecule has 88 valence electrons. The van der Waals surface area contributed by atoms with Gasteiger partial charge in [0.1, 0.15) is 0 Å². The first-order valence-corrected chi connectivity index (χ1v) is 6.37. The molecular formula is C15H16O2. The van der Waals surface area contributed by atoms with Crippen LogP contribution in [0, 0.1) is 17.8 Å². The second-order valence-electron chi connectivity index (χ2n) is 5.31. The molecule has 1 aromatic carbocycles. The molecule has 0 saturated heterocycles. The monoisotopic (exact) mass is 228 g/mol. The van der Waals surface area contributed by atoms with Gasteiger partial charge in [0.25, 0.3) is 0 Å². The highest BCUT2D eigenvalue weighted by Crippen LogP contribution is 2.42. The van der Waals surface area contributed by atoms with Gasteiger partial charge in [0.15, 0.2) is 11.6 Å². The van der Waals surface area contributed by atoms with Gasteiger partial charge in [0, 0.05) is 23.0 Å². The highest BCUT2D eigenvalue weighted by Gasteiger charge is 2.45. The molecule has 3 rings (SSSR count). The van der Waals surface area contributed by atoms with Crippen LogP contribution in [0.25, 0.3) is 0 Å². The predicted molar refractivity (Wildman–Crippen MR) is 65.1 cm³/mol. The first kappa shape index (κ1) is 10.7. The fourth-order valence-electron chi connectivity index (χ4n) is 3.44. The van der Waals surface area contributed by atoms with Gasteiger partial charge >= 0.3 is 0 Å². The minimum Gasteiger partial charge on any atom is -0.294 e. The number of carbonyl (C=O) groups excluding carboxylic acids is 2. The van der Waals surface area contributed by atoms with Crippen LogP contribution in [0.15, 0.2) is 24.3 Å². The molecule has 1 aromatic rings. The Morgan fingerprint density at radius 1 is 1.00 bits per heavy atom. The van der Waals surface area contributed by atoms with Crippen LogP contribution < -0.4 is 0 Å². The first-order chi connectivity index (χ1) is 8.20. The van der Waals surface area contributed by atoms with Crippen molar-refractivity contribution in [1.29, 1.82) is 0 Å². The standard InChI is InChI=1S/C15H16O2/c1-9-5-4-8-12-13(9)15(17)11-7-3-2-6-10(11)14(12)16/h2-3,6-7,9,12-13H,4-5,8H2,1H3. The van der Waals surface area contributed by atoms with Crippen LogP contribution in [0.4, 0.5) is 0 Å². The Labute approximate surface area is 101 Å². The van der Waals surface area contributed by atoms with Crippen molar-refractivity contribution in [1.82, 2.24) is 0 Å². The van der Waals surface area contributed by atoms with Gasteiger partial charge in [-0.1, -0.05) is 37.6 Å². The lowest BCUT2D eigenvalue weighted by atomic mass is 9.63. The maximum absolute atomic E-state index is 12.5. The third-order valence-electron chi connectivity index (χ3n) is 4.32. The van der Waals surface area contributed by atoms with Crippen molar-refractivity contribution in [3.05, 3.63) is 35.4 Å². The molecule has 0 heterocycles. The number of Topliss-reactive ketones (excluding diaryl/α,β-unsaturated/α-hetero) is 2. The van der Waals surface area contributed by atoms with Crippen molar-refractivity contribution < 1.29 is 9.59 Å². The summed E-state index contributed by atoms with van der Waals surface area (Å²) in [5.74, 6) is 0.611. The summed E-state index contributed by atoms with van der Waals surface area (Å²) in [5.41, 5.74) is 1.29. The Morgan fingerprint density at radius 3 is 2.35 bits per heavy atom. The summed E-state index contributed by atoms with van der Waals surface area (Å²) >= 11 is 0. The van der Waals surface area contributed by atoms with Gasteiger partial charge in [0.05, 0.1) is 0 Å². The summed E-state index contributed by atoms with van der Waals surface area (Å²) < 4.78 is 0. The van der Waals surface area contributed by atoms with Gasteiger partial charge in [-0.05, 0) is 18.8 Å². The number of benzene rings is 1. The zero-order valence-corrected chi connectivity index (χ0v) is 9.98. The van der Waals surface area contributed by atoms with Crippen LogP contribution in [0.2, 0.25) is 0 Å². The lowest BCUT2D eigenvalue weighted by molar-refractivity contribution is 0.0597. The topological polar surface area (TPSA) is 34.1 Å². The second-order valence-corrected chi connectivity index (χ2v) is 5.31. The van der Waals surface area contributed by atoms with Crippen LogP contribution >= 0.6 is 0 Å². The van der Waals surface area contributed by atoms with Crippen molar-refractivity contribution in [2.24, 2.45) is 17.8 Å². The summed E-state index contributed by atoms with van der Waals surface area (Å²) in [6, 6.07) is 7.28. The normalized spacial score (nSPS) is 31.9. The molecule has 0 amide bonds. The minimum absolute atomic E-state index is 0.0545. The van der Waals surface area contributed by atoms with Gasteiger partial charge in [0.2, 0.25) is 0 Å². The van der Waals surface area contributed by atoms with E-state index in [1.807, 2.05) is 12.1 Å². The van der Waals surface area contributed by atoms with Crippen molar-refractivity contribution in [2.75, 3.05) is 0 Å². The van der Waals surface area contributed by atoms with Gasteiger partial charge in [-0.2, -0.15) is 0 Å². The SMILES string of the molecule is CC1CCCC2C(=O)c3ccccc3C(=O)C12. The van der Waals surface area contributed by atoms with E-state index in [0.717, 1.165) is 19.3 Å². The fraction of sp³-hybridized carbons (Fsp3) is 0.467. The Bertz CT molecular complexity index is 489. The van der Waals surface area contributed by atoms with E-state index in [9.17, 15) is 9.59 Å². The highest BCUT2D eigenvalue weighted by molar-refractivity contribution is 6.16. The highest BCUT2D eigenvalue weighted by atomic mass is 16.1. The van der Waals surface area contributed by atoms with Crippen molar-refractivity contribution >= 4 is 11.6 Å². The molecule has 0 bridgehead atoms. The van der Waals surface area contributed by atoms with Gasteiger partial charge in [-0.25, -0.2) is 0 Å². The molecule has 0 aromatic heterocycles. The number of rotatable bonds is 0. The number of fused-ring (bicyclic) bond motifs is 2. The predicted octanol–water partition coefficient (Wildman–Crippen LogP) is 3.12. The summed E-state index contributed by atoms with van der Waals surface area (Å²) in [6.07, 6.45) is 3.03. The molecule has 0 aliphatic heterocycles. The second kappa shape index (κ2) is 3.80. The zero-order chi connectivity index (χ0) is 12.0. The molecular weight excluding hydrogens is 212 g/mol. The minimum atomic E-state index is -0.0638. The average Bonchev–Trinajstić information content (AvgIpc) is 2.36. The molecule has 3 unspecified atom stereocenters. The lowest BCUT2D eigenvalue weighted by Gasteiger charge is -2.38. The molecule has 1 saturated carbocycles. The summed E-state index contributed by atoms with van der Waals surface area (Å²) in [5, 5.41) is 0. The molecule has 1 fully saturated rings. The Kier molecular flexibility index (Phi) is 2.39. The number of carbonyl (C=O) groups is 2. The van der Waals surface area contributed by atoms with E-state index in [1.54, 1.807) is 12.1 Å². The molecule has 2 aliphatic rings. The Balaban J connectivity index is 2.13. The summed E-state index contributed by atoms with van der Waals surface area (Å²) in [4.78, 5) is 24.8. The van der Waals surface area contributed by atoms with Crippen molar-refractivity contribution in [3.63, 3.8) is 0 Å². The summed E-state index contributed by atoms with van der Waals surface area (Å²) in [6.45, 7) is 2.11. The first-order valence-electron chi connectivity index (χ1n) is 6.37. The van der Waals surface area contributed by atoms with E-state index >= 15 is 0 Å². The van der Waals surface area contributed by atoms with E-state index in [-0.39, 0.29) is 23.4 Å². The van der Waals surface area contributed by atoms with E-state index in [2.05, 4.69) is 6.92 Å². The lowest BCUT2D eigenvalue weighted by Crippen LogP contribution is -2.42. The van der Waals surface area contributed by atoms with Crippen LogP contribution in [-0.2, 0) is 0 Å².